The summed E-state index contributed by atoms with van der Waals surface area (Å²) in [5.41, 5.74) is 0. The van der Waals surface area contributed by atoms with E-state index >= 15 is 0 Å². The molecule has 0 unspecified atom stereocenters. The molecule has 0 spiro atoms. The van der Waals surface area contributed by atoms with E-state index in [0.717, 1.165) is 31.8 Å². The number of hydrogen-bond donors (Lipinski definition) is 1. The predicted octanol–water partition coefficient (Wildman–Crippen LogP) is 1.65. The van der Waals surface area contributed by atoms with Crippen LogP contribution in [0.4, 0.5) is 0 Å². The van der Waals surface area contributed by atoms with Crippen LogP contribution in [0.2, 0.25) is 0 Å². The van der Waals surface area contributed by atoms with Crippen molar-refractivity contribution >= 4 is 5.91 Å². The normalized spacial score (nSPS) is 20.2. The quantitative estimate of drug-likeness (QED) is 0.656. The molecule has 0 atom stereocenters. The average molecular weight is 291 g/mol. The highest BCUT2D eigenvalue weighted by atomic mass is 16.2. The van der Waals surface area contributed by atoms with Crippen LogP contribution < -0.4 is 5.32 Å². The molecular formula is C17H29N3O. The summed E-state index contributed by atoms with van der Waals surface area (Å²) >= 11 is 0. The SMILES string of the molecule is C=CCN(CC=C)C(=O)CN1CCC(NCC2CC2)CC1. The zero-order chi connectivity index (χ0) is 15.1. The zero-order valence-corrected chi connectivity index (χ0v) is 13.1. The van der Waals surface area contributed by atoms with Crippen LogP contribution in [0.25, 0.3) is 0 Å². The molecule has 2 aliphatic rings. The Morgan fingerprint density at radius 3 is 2.29 bits per heavy atom. The van der Waals surface area contributed by atoms with Gasteiger partial charge in [-0.05, 0) is 38.1 Å². The number of carbonyl (C=O) groups is 1. The van der Waals surface area contributed by atoms with Crippen LogP contribution in [0.15, 0.2) is 25.3 Å². The molecule has 1 N–H and O–H groups in total. The van der Waals surface area contributed by atoms with Gasteiger partial charge in [0.15, 0.2) is 0 Å². The van der Waals surface area contributed by atoms with Crippen molar-refractivity contribution in [1.29, 1.82) is 0 Å². The standard InChI is InChI=1S/C17H29N3O/c1-3-9-20(10-4-2)17(21)14-19-11-7-16(8-12-19)18-13-15-5-6-15/h3-4,15-16,18H,1-2,5-14H2. The van der Waals surface area contributed by atoms with Gasteiger partial charge in [0, 0.05) is 32.2 Å². The average Bonchev–Trinajstić information content (AvgIpc) is 3.30. The number of rotatable bonds is 9. The van der Waals surface area contributed by atoms with Crippen molar-refractivity contribution in [3.8, 4) is 0 Å². The molecular weight excluding hydrogens is 262 g/mol. The maximum absolute atomic E-state index is 12.3. The Morgan fingerprint density at radius 1 is 1.14 bits per heavy atom. The van der Waals surface area contributed by atoms with Crippen LogP contribution in [-0.4, -0.2) is 61.0 Å². The summed E-state index contributed by atoms with van der Waals surface area (Å²) in [6.45, 7) is 12.4. The predicted molar refractivity (Wildman–Crippen MR) is 87.2 cm³/mol. The van der Waals surface area contributed by atoms with Crippen molar-refractivity contribution in [3.63, 3.8) is 0 Å². The van der Waals surface area contributed by atoms with Gasteiger partial charge in [-0.2, -0.15) is 0 Å². The fraction of sp³-hybridized carbons (Fsp3) is 0.706. The first-order valence-electron chi connectivity index (χ1n) is 8.18. The molecule has 0 aromatic carbocycles. The molecule has 2 fully saturated rings. The van der Waals surface area contributed by atoms with E-state index in [1.165, 1.54) is 19.4 Å². The van der Waals surface area contributed by atoms with E-state index in [1.54, 1.807) is 17.1 Å². The minimum atomic E-state index is 0.180. The molecule has 2 rings (SSSR count). The highest BCUT2D eigenvalue weighted by Crippen LogP contribution is 2.28. The van der Waals surface area contributed by atoms with Crippen molar-refractivity contribution in [2.24, 2.45) is 5.92 Å². The second-order valence-electron chi connectivity index (χ2n) is 6.28. The lowest BCUT2D eigenvalue weighted by Crippen LogP contribution is -2.47. The number of nitrogens with zero attached hydrogens (tertiary/aromatic N) is 2. The van der Waals surface area contributed by atoms with Crippen molar-refractivity contribution < 1.29 is 4.79 Å². The minimum Gasteiger partial charge on any atom is -0.334 e. The lowest BCUT2D eigenvalue weighted by molar-refractivity contribution is -0.131. The third-order valence-electron chi connectivity index (χ3n) is 4.39. The Labute approximate surface area is 128 Å². The van der Waals surface area contributed by atoms with Gasteiger partial charge in [-0.1, -0.05) is 12.2 Å². The summed E-state index contributed by atoms with van der Waals surface area (Å²) in [5.74, 6) is 1.12. The number of amides is 1. The molecule has 1 saturated carbocycles. The van der Waals surface area contributed by atoms with E-state index in [4.69, 9.17) is 0 Å². The van der Waals surface area contributed by atoms with E-state index in [9.17, 15) is 4.79 Å². The molecule has 0 radical (unpaired) electrons. The molecule has 1 aliphatic heterocycles. The largest absolute Gasteiger partial charge is 0.334 e. The molecule has 21 heavy (non-hydrogen) atoms. The van der Waals surface area contributed by atoms with E-state index < -0.39 is 0 Å². The first-order chi connectivity index (χ1) is 10.2. The number of piperidine rings is 1. The van der Waals surface area contributed by atoms with Crippen LogP contribution >= 0.6 is 0 Å². The topological polar surface area (TPSA) is 35.6 Å². The second-order valence-corrected chi connectivity index (χ2v) is 6.28. The monoisotopic (exact) mass is 291 g/mol. The number of nitrogens with one attached hydrogen (secondary N) is 1. The van der Waals surface area contributed by atoms with Crippen LogP contribution in [0, 0.1) is 5.92 Å². The zero-order valence-electron chi connectivity index (χ0n) is 13.1. The first kappa shape index (κ1) is 16.2. The maximum atomic E-state index is 12.3. The van der Waals surface area contributed by atoms with Gasteiger partial charge in [-0.25, -0.2) is 0 Å². The molecule has 0 aromatic heterocycles. The van der Waals surface area contributed by atoms with Crippen molar-refractivity contribution in [2.45, 2.75) is 31.7 Å². The molecule has 0 bridgehead atoms. The van der Waals surface area contributed by atoms with Crippen LogP contribution in [-0.2, 0) is 4.79 Å². The smallest absolute Gasteiger partial charge is 0.237 e. The van der Waals surface area contributed by atoms with Gasteiger partial charge in [0.05, 0.1) is 6.54 Å². The Bertz CT molecular complexity index is 347. The number of hydrogen-bond acceptors (Lipinski definition) is 3. The van der Waals surface area contributed by atoms with E-state index in [2.05, 4.69) is 23.4 Å². The van der Waals surface area contributed by atoms with Crippen LogP contribution in [0.3, 0.4) is 0 Å². The van der Waals surface area contributed by atoms with Gasteiger partial charge in [-0.3, -0.25) is 9.69 Å². The maximum Gasteiger partial charge on any atom is 0.237 e. The highest BCUT2D eigenvalue weighted by Gasteiger charge is 2.25. The summed E-state index contributed by atoms with van der Waals surface area (Å²) in [6.07, 6.45) is 8.67. The summed E-state index contributed by atoms with van der Waals surface area (Å²) in [5, 5.41) is 3.67. The summed E-state index contributed by atoms with van der Waals surface area (Å²) in [6, 6.07) is 0.648. The van der Waals surface area contributed by atoms with Crippen molar-refractivity contribution in [3.05, 3.63) is 25.3 Å². The van der Waals surface area contributed by atoms with Crippen molar-refractivity contribution in [1.82, 2.24) is 15.1 Å². The Morgan fingerprint density at radius 2 is 1.76 bits per heavy atom. The van der Waals surface area contributed by atoms with Crippen LogP contribution in [0.1, 0.15) is 25.7 Å². The number of likely N-dealkylation sites (tertiary alicyclic amines) is 1. The molecule has 118 valence electrons. The molecule has 4 heteroatoms. The summed E-state index contributed by atoms with van der Waals surface area (Å²) in [4.78, 5) is 16.3. The third kappa shape index (κ3) is 5.64. The summed E-state index contributed by atoms with van der Waals surface area (Å²) in [7, 11) is 0. The molecule has 1 heterocycles. The Balaban J connectivity index is 1.67. The molecule has 0 aromatic rings. The van der Waals surface area contributed by atoms with Gasteiger partial charge in [-0.15, -0.1) is 13.2 Å². The van der Waals surface area contributed by atoms with Gasteiger partial charge in [0.2, 0.25) is 5.91 Å². The van der Waals surface area contributed by atoms with Gasteiger partial charge in [0.1, 0.15) is 0 Å². The van der Waals surface area contributed by atoms with Gasteiger partial charge in [0.25, 0.3) is 0 Å². The molecule has 1 saturated heterocycles. The van der Waals surface area contributed by atoms with Crippen molar-refractivity contribution in [2.75, 3.05) is 39.3 Å². The molecule has 4 nitrogen and oxygen atoms in total. The molecule has 1 amide bonds. The molecule has 1 aliphatic carbocycles. The van der Waals surface area contributed by atoms with E-state index in [-0.39, 0.29) is 5.91 Å². The number of carbonyl (C=O) groups excluding carboxylic acids is 1. The fourth-order valence-electron chi connectivity index (χ4n) is 2.83. The lowest BCUT2D eigenvalue weighted by atomic mass is 10.0. The van der Waals surface area contributed by atoms with E-state index in [0.29, 0.717) is 25.7 Å². The second kappa shape index (κ2) is 8.35. The Hall–Kier alpha value is -1.13. The van der Waals surface area contributed by atoms with Gasteiger partial charge < -0.3 is 10.2 Å². The van der Waals surface area contributed by atoms with E-state index in [1.807, 2.05) is 0 Å². The highest BCUT2D eigenvalue weighted by molar-refractivity contribution is 5.78. The first-order valence-corrected chi connectivity index (χ1v) is 8.18. The lowest BCUT2D eigenvalue weighted by Gasteiger charge is -2.33. The summed E-state index contributed by atoms with van der Waals surface area (Å²) < 4.78 is 0. The van der Waals surface area contributed by atoms with Crippen LogP contribution in [0.5, 0.6) is 0 Å². The fourth-order valence-corrected chi connectivity index (χ4v) is 2.83. The third-order valence-corrected chi connectivity index (χ3v) is 4.39. The van der Waals surface area contributed by atoms with Gasteiger partial charge >= 0.3 is 0 Å². The Kier molecular flexibility index (Phi) is 6.46. The minimum absolute atomic E-state index is 0.180.